The summed E-state index contributed by atoms with van der Waals surface area (Å²) < 4.78 is 0. The molecular weight excluding hydrogens is 312 g/mol. The first-order chi connectivity index (χ1) is 11.8. The van der Waals surface area contributed by atoms with Crippen LogP contribution < -0.4 is 0 Å². The van der Waals surface area contributed by atoms with E-state index in [9.17, 15) is 4.79 Å². The normalized spacial score (nSPS) is 11.8. The molecule has 0 bridgehead atoms. The van der Waals surface area contributed by atoms with Crippen LogP contribution in [0.4, 0.5) is 0 Å². The molecule has 1 atom stereocenters. The molecule has 0 N–H and O–H groups in total. The Morgan fingerprint density at radius 3 is 1.92 bits per heavy atom. The SMILES string of the molecule is O=C(C[C@@H](SCc1ccccc1)c1ccccc1)c1ccccc1. The second-order valence-corrected chi connectivity index (χ2v) is 6.88. The van der Waals surface area contributed by atoms with Gasteiger partial charge in [0.2, 0.25) is 0 Å². The highest BCUT2D eigenvalue weighted by Gasteiger charge is 2.17. The van der Waals surface area contributed by atoms with Crippen molar-refractivity contribution in [2.75, 3.05) is 0 Å². The monoisotopic (exact) mass is 332 g/mol. The smallest absolute Gasteiger partial charge is 0.164 e. The van der Waals surface area contributed by atoms with Crippen LogP contribution in [0.1, 0.15) is 33.2 Å². The van der Waals surface area contributed by atoms with Gasteiger partial charge in [-0.3, -0.25) is 4.79 Å². The van der Waals surface area contributed by atoms with Gasteiger partial charge in [-0.15, -0.1) is 11.8 Å². The number of carbonyl (C=O) groups is 1. The van der Waals surface area contributed by atoms with Crippen molar-refractivity contribution in [3.63, 3.8) is 0 Å². The van der Waals surface area contributed by atoms with Gasteiger partial charge in [-0.05, 0) is 11.1 Å². The minimum atomic E-state index is 0.166. The van der Waals surface area contributed by atoms with Crippen molar-refractivity contribution in [2.24, 2.45) is 0 Å². The van der Waals surface area contributed by atoms with Gasteiger partial charge in [0, 0.05) is 23.0 Å². The Kier molecular flexibility index (Phi) is 5.86. The highest BCUT2D eigenvalue weighted by molar-refractivity contribution is 7.98. The van der Waals surface area contributed by atoms with Crippen LogP contribution in [0.15, 0.2) is 91.0 Å². The van der Waals surface area contributed by atoms with E-state index >= 15 is 0 Å². The molecule has 0 fully saturated rings. The van der Waals surface area contributed by atoms with Crippen LogP contribution >= 0.6 is 11.8 Å². The topological polar surface area (TPSA) is 17.1 Å². The highest BCUT2D eigenvalue weighted by atomic mass is 32.2. The van der Waals surface area contributed by atoms with Crippen molar-refractivity contribution in [1.29, 1.82) is 0 Å². The maximum Gasteiger partial charge on any atom is 0.164 e. The number of rotatable bonds is 7. The summed E-state index contributed by atoms with van der Waals surface area (Å²) in [5.74, 6) is 1.10. The Balaban J connectivity index is 1.74. The van der Waals surface area contributed by atoms with Gasteiger partial charge in [0.25, 0.3) is 0 Å². The van der Waals surface area contributed by atoms with Crippen LogP contribution in [0.5, 0.6) is 0 Å². The van der Waals surface area contributed by atoms with E-state index in [1.807, 2.05) is 66.4 Å². The average molecular weight is 332 g/mol. The van der Waals surface area contributed by atoms with Crippen LogP contribution in [0.3, 0.4) is 0 Å². The van der Waals surface area contributed by atoms with Gasteiger partial charge >= 0.3 is 0 Å². The number of hydrogen-bond acceptors (Lipinski definition) is 2. The quantitative estimate of drug-likeness (QED) is 0.498. The molecular formula is C22H20OS. The molecule has 0 aliphatic carbocycles. The van der Waals surface area contributed by atoms with Crippen molar-refractivity contribution in [1.82, 2.24) is 0 Å². The second kappa shape index (κ2) is 8.51. The molecule has 0 radical (unpaired) electrons. The number of hydrogen-bond donors (Lipinski definition) is 0. The predicted octanol–water partition coefficient (Wildman–Crippen LogP) is 5.93. The molecule has 0 amide bonds. The summed E-state index contributed by atoms with van der Waals surface area (Å²) >= 11 is 1.83. The minimum absolute atomic E-state index is 0.166. The standard InChI is InChI=1S/C22H20OS/c23-21(19-12-6-2-7-13-19)16-22(20-14-8-3-9-15-20)24-17-18-10-4-1-5-11-18/h1-15,22H,16-17H2/t22-/m1/s1. The van der Waals surface area contributed by atoms with Crippen molar-refractivity contribution < 1.29 is 4.79 Å². The number of thioether (sulfide) groups is 1. The summed E-state index contributed by atoms with van der Waals surface area (Å²) in [6.07, 6.45) is 0.519. The van der Waals surface area contributed by atoms with E-state index < -0.39 is 0 Å². The number of ketones is 1. The summed E-state index contributed by atoms with van der Waals surface area (Å²) in [4.78, 5) is 12.6. The summed E-state index contributed by atoms with van der Waals surface area (Å²) in [6, 6.07) is 30.3. The molecule has 24 heavy (non-hydrogen) atoms. The van der Waals surface area contributed by atoms with E-state index in [-0.39, 0.29) is 11.0 Å². The molecule has 1 nitrogen and oxygen atoms in total. The van der Waals surface area contributed by atoms with E-state index in [0.29, 0.717) is 6.42 Å². The van der Waals surface area contributed by atoms with E-state index in [1.54, 1.807) is 0 Å². The Morgan fingerprint density at radius 2 is 1.29 bits per heavy atom. The molecule has 3 aromatic rings. The van der Waals surface area contributed by atoms with E-state index in [2.05, 4.69) is 36.4 Å². The van der Waals surface area contributed by atoms with Crippen LogP contribution in [-0.2, 0) is 5.75 Å². The predicted molar refractivity (Wildman–Crippen MR) is 102 cm³/mol. The third kappa shape index (κ3) is 4.59. The molecule has 0 saturated heterocycles. The van der Waals surface area contributed by atoms with Gasteiger partial charge in [-0.1, -0.05) is 91.0 Å². The van der Waals surface area contributed by atoms with Gasteiger partial charge < -0.3 is 0 Å². The number of Topliss-reactive ketones (excluding diaryl/α,β-unsaturated/α-hetero) is 1. The molecule has 2 heteroatoms. The lowest BCUT2D eigenvalue weighted by atomic mass is 10.0. The molecule has 0 spiro atoms. The summed E-state index contributed by atoms with van der Waals surface area (Å²) in [6.45, 7) is 0. The zero-order chi connectivity index (χ0) is 16.6. The fourth-order valence-electron chi connectivity index (χ4n) is 2.62. The molecule has 0 aromatic heterocycles. The van der Waals surface area contributed by atoms with Crippen LogP contribution in [0.2, 0.25) is 0 Å². The minimum Gasteiger partial charge on any atom is -0.294 e. The first-order valence-corrected chi connectivity index (χ1v) is 9.16. The molecule has 3 aromatic carbocycles. The summed E-state index contributed by atoms with van der Waals surface area (Å²) in [7, 11) is 0. The molecule has 3 rings (SSSR count). The fraction of sp³-hybridized carbons (Fsp3) is 0.136. The third-order valence-electron chi connectivity index (χ3n) is 3.93. The van der Waals surface area contributed by atoms with Gasteiger partial charge in [0.05, 0.1) is 0 Å². The molecule has 0 saturated carbocycles. The zero-order valence-electron chi connectivity index (χ0n) is 13.5. The average Bonchev–Trinajstić information content (AvgIpc) is 2.67. The molecule has 0 aliphatic rings. The van der Waals surface area contributed by atoms with Gasteiger partial charge in [0.15, 0.2) is 5.78 Å². The summed E-state index contributed by atoms with van der Waals surface area (Å²) in [5.41, 5.74) is 3.29. The Labute approximate surface area is 147 Å². The Morgan fingerprint density at radius 1 is 0.750 bits per heavy atom. The van der Waals surface area contributed by atoms with E-state index in [4.69, 9.17) is 0 Å². The van der Waals surface area contributed by atoms with Crippen LogP contribution in [0.25, 0.3) is 0 Å². The molecule has 0 heterocycles. The zero-order valence-corrected chi connectivity index (χ0v) is 14.3. The first-order valence-electron chi connectivity index (χ1n) is 8.11. The maximum atomic E-state index is 12.6. The first kappa shape index (κ1) is 16.5. The lowest BCUT2D eigenvalue weighted by Gasteiger charge is -2.17. The van der Waals surface area contributed by atoms with Crippen LogP contribution in [0, 0.1) is 0 Å². The van der Waals surface area contributed by atoms with Crippen molar-refractivity contribution >= 4 is 17.5 Å². The lowest BCUT2D eigenvalue weighted by Crippen LogP contribution is -2.05. The molecule has 0 aliphatic heterocycles. The van der Waals surface area contributed by atoms with Crippen molar-refractivity contribution in [3.05, 3.63) is 108 Å². The van der Waals surface area contributed by atoms with Crippen molar-refractivity contribution in [2.45, 2.75) is 17.4 Å². The summed E-state index contributed by atoms with van der Waals surface area (Å²) in [5, 5.41) is 0.166. The Hall–Kier alpha value is -2.32. The maximum absolute atomic E-state index is 12.6. The van der Waals surface area contributed by atoms with Gasteiger partial charge in [-0.25, -0.2) is 0 Å². The van der Waals surface area contributed by atoms with E-state index in [1.165, 1.54) is 11.1 Å². The number of benzene rings is 3. The van der Waals surface area contributed by atoms with Gasteiger partial charge in [0.1, 0.15) is 0 Å². The third-order valence-corrected chi connectivity index (χ3v) is 5.27. The molecule has 120 valence electrons. The largest absolute Gasteiger partial charge is 0.294 e. The van der Waals surface area contributed by atoms with Crippen molar-refractivity contribution in [3.8, 4) is 0 Å². The van der Waals surface area contributed by atoms with Crippen LogP contribution in [-0.4, -0.2) is 5.78 Å². The fourth-order valence-corrected chi connectivity index (χ4v) is 3.83. The van der Waals surface area contributed by atoms with E-state index in [0.717, 1.165) is 11.3 Å². The number of carbonyl (C=O) groups excluding carboxylic acids is 1. The van der Waals surface area contributed by atoms with Gasteiger partial charge in [-0.2, -0.15) is 0 Å². The lowest BCUT2D eigenvalue weighted by molar-refractivity contribution is 0.0982. The molecule has 0 unspecified atom stereocenters. The second-order valence-electron chi connectivity index (χ2n) is 5.69. The highest BCUT2D eigenvalue weighted by Crippen LogP contribution is 2.35. The Bertz CT molecular complexity index is 754.